The van der Waals surface area contributed by atoms with Crippen molar-refractivity contribution >= 4 is 5.69 Å². The normalized spacial score (nSPS) is 9.42. The third-order valence-corrected chi connectivity index (χ3v) is 2.81. The van der Waals surface area contributed by atoms with Crippen LogP contribution in [0.5, 0.6) is 0 Å². The summed E-state index contributed by atoms with van der Waals surface area (Å²) < 4.78 is 0. The highest BCUT2D eigenvalue weighted by atomic mass is 14.9. The number of aryl methyl sites for hydroxylation is 1. The zero-order chi connectivity index (χ0) is 13.7. The first kappa shape index (κ1) is 12.6. The Labute approximate surface area is 112 Å². The summed E-state index contributed by atoms with van der Waals surface area (Å²) in [6, 6.07) is 13.5. The molecule has 1 heterocycles. The first-order chi connectivity index (χ1) is 9.24. The molecule has 0 atom stereocenters. The Morgan fingerprint density at radius 1 is 1.21 bits per heavy atom. The summed E-state index contributed by atoms with van der Waals surface area (Å²) in [4.78, 5) is 3.92. The molecule has 2 aromatic rings. The molecule has 92 valence electrons. The van der Waals surface area contributed by atoms with E-state index < -0.39 is 0 Å². The maximum atomic E-state index is 9.14. The van der Waals surface area contributed by atoms with Gasteiger partial charge in [0.1, 0.15) is 17.8 Å². The molecule has 0 bridgehead atoms. The predicted molar refractivity (Wildman–Crippen MR) is 72.2 cm³/mol. The topological polar surface area (TPSA) is 72.5 Å². The number of aromatic nitrogens is 1. The summed E-state index contributed by atoms with van der Waals surface area (Å²) in [6.45, 7) is 2.46. The molecule has 1 aromatic carbocycles. The molecule has 19 heavy (non-hydrogen) atoms. The van der Waals surface area contributed by atoms with Crippen LogP contribution in [0.4, 0.5) is 5.69 Å². The monoisotopic (exact) mass is 248 g/mol. The third kappa shape index (κ3) is 2.88. The van der Waals surface area contributed by atoms with Gasteiger partial charge in [0.25, 0.3) is 0 Å². The fourth-order valence-electron chi connectivity index (χ4n) is 1.81. The van der Waals surface area contributed by atoms with Crippen LogP contribution < -0.4 is 5.32 Å². The molecule has 0 fully saturated rings. The van der Waals surface area contributed by atoms with Gasteiger partial charge >= 0.3 is 0 Å². The van der Waals surface area contributed by atoms with Gasteiger partial charge in [-0.2, -0.15) is 10.5 Å². The van der Waals surface area contributed by atoms with E-state index in [0.29, 0.717) is 17.8 Å². The Balaban J connectivity index is 2.18. The van der Waals surface area contributed by atoms with E-state index in [9.17, 15) is 0 Å². The van der Waals surface area contributed by atoms with Crippen LogP contribution in [0, 0.1) is 29.6 Å². The number of pyridine rings is 1. The second kappa shape index (κ2) is 5.66. The van der Waals surface area contributed by atoms with Gasteiger partial charge in [-0.25, -0.2) is 4.98 Å². The molecule has 2 rings (SSSR count). The van der Waals surface area contributed by atoms with E-state index in [4.69, 9.17) is 10.5 Å². The number of nitrogens with zero attached hydrogens (tertiary/aromatic N) is 3. The number of anilines is 1. The summed E-state index contributed by atoms with van der Waals surface area (Å²) in [6.07, 6.45) is 1.61. The highest BCUT2D eigenvalue weighted by Gasteiger charge is 2.04. The van der Waals surface area contributed by atoms with E-state index in [1.54, 1.807) is 12.3 Å². The average molecular weight is 248 g/mol. The minimum absolute atomic E-state index is 0.393. The lowest BCUT2D eigenvalue weighted by molar-refractivity contribution is 1.11. The molecule has 0 radical (unpaired) electrons. The molecule has 1 N–H and O–H groups in total. The molecule has 4 heteroatoms. The largest absolute Gasteiger partial charge is 0.380 e. The Morgan fingerprint density at radius 3 is 2.79 bits per heavy atom. The summed E-state index contributed by atoms with van der Waals surface area (Å²) >= 11 is 0. The van der Waals surface area contributed by atoms with Crippen molar-refractivity contribution in [3.63, 3.8) is 0 Å². The van der Waals surface area contributed by atoms with Crippen molar-refractivity contribution < 1.29 is 0 Å². The maximum Gasteiger partial charge on any atom is 0.140 e. The van der Waals surface area contributed by atoms with Gasteiger partial charge in [0, 0.05) is 12.7 Å². The molecule has 0 saturated heterocycles. The van der Waals surface area contributed by atoms with Crippen LogP contribution in [0.2, 0.25) is 0 Å². The van der Waals surface area contributed by atoms with Crippen LogP contribution in [0.25, 0.3) is 0 Å². The number of rotatable bonds is 3. The van der Waals surface area contributed by atoms with E-state index in [-0.39, 0.29) is 0 Å². The lowest BCUT2D eigenvalue weighted by Crippen LogP contribution is -2.02. The minimum atomic E-state index is 0.393. The first-order valence-electron chi connectivity index (χ1n) is 5.83. The summed E-state index contributed by atoms with van der Waals surface area (Å²) in [5.74, 6) is 0. The molecule has 0 unspecified atom stereocenters. The van der Waals surface area contributed by atoms with Crippen LogP contribution in [-0.2, 0) is 6.54 Å². The Hall–Kier alpha value is -2.85. The van der Waals surface area contributed by atoms with Crippen LogP contribution in [-0.4, -0.2) is 4.98 Å². The van der Waals surface area contributed by atoms with Gasteiger partial charge < -0.3 is 5.32 Å². The van der Waals surface area contributed by atoms with Gasteiger partial charge in [-0.1, -0.05) is 12.1 Å². The van der Waals surface area contributed by atoms with Gasteiger partial charge in [0.05, 0.1) is 11.3 Å². The molecular formula is C15H12N4. The van der Waals surface area contributed by atoms with Crippen molar-refractivity contribution in [3.05, 3.63) is 58.9 Å². The van der Waals surface area contributed by atoms with Crippen molar-refractivity contribution in [1.29, 1.82) is 10.5 Å². The van der Waals surface area contributed by atoms with Crippen molar-refractivity contribution in [1.82, 2.24) is 4.98 Å². The van der Waals surface area contributed by atoms with E-state index in [1.165, 1.54) is 0 Å². The second-order valence-electron chi connectivity index (χ2n) is 4.12. The average Bonchev–Trinajstić information content (AvgIpc) is 2.45. The fourth-order valence-corrected chi connectivity index (χ4v) is 1.81. The van der Waals surface area contributed by atoms with E-state index in [2.05, 4.69) is 16.4 Å². The Morgan fingerprint density at radius 2 is 2.05 bits per heavy atom. The van der Waals surface area contributed by atoms with E-state index >= 15 is 0 Å². The molecule has 0 aliphatic heterocycles. The van der Waals surface area contributed by atoms with Gasteiger partial charge in [-0.3, -0.25) is 0 Å². The van der Waals surface area contributed by atoms with Crippen LogP contribution in [0.1, 0.15) is 22.4 Å². The number of nitrogens with one attached hydrogen (secondary N) is 1. The van der Waals surface area contributed by atoms with Crippen molar-refractivity contribution in [2.45, 2.75) is 13.5 Å². The predicted octanol–water partition coefficient (Wildman–Crippen LogP) is 2.75. The highest BCUT2D eigenvalue weighted by Crippen LogP contribution is 2.19. The minimum Gasteiger partial charge on any atom is -0.380 e. The standard InChI is InChI=1S/C15H12N4/c1-11-3-2-4-15(14(11)9-17)19-10-12-5-6-18-13(7-12)8-16/h2-7,19H,10H2,1H3. The second-order valence-corrected chi connectivity index (χ2v) is 4.12. The van der Waals surface area contributed by atoms with Gasteiger partial charge in [0.15, 0.2) is 0 Å². The molecule has 0 aliphatic rings. The molecule has 0 amide bonds. The van der Waals surface area contributed by atoms with Crippen molar-refractivity contribution in [2.75, 3.05) is 5.32 Å². The SMILES string of the molecule is Cc1cccc(NCc2ccnc(C#N)c2)c1C#N. The van der Waals surface area contributed by atoms with Crippen molar-refractivity contribution in [2.24, 2.45) is 0 Å². The molecule has 4 nitrogen and oxygen atoms in total. The number of nitriles is 2. The molecule has 0 aliphatic carbocycles. The first-order valence-corrected chi connectivity index (χ1v) is 5.83. The number of hydrogen-bond donors (Lipinski definition) is 1. The van der Waals surface area contributed by atoms with Gasteiger partial charge in [-0.15, -0.1) is 0 Å². The smallest absolute Gasteiger partial charge is 0.140 e. The molecular weight excluding hydrogens is 236 g/mol. The maximum absolute atomic E-state index is 9.14. The van der Waals surface area contributed by atoms with Crippen molar-refractivity contribution in [3.8, 4) is 12.1 Å². The summed E-state index contributed by atoms with van der Waals surface area (Å²) in [5, 5.41) is 21.1. The number of benzene rings is 1. The lowest BCUT2D eigenvalue weighted by Gasteiger charge is -2.09. The molecule has 1 aromatic heterocycles. The summed E-state index contributed by atoms with van der Waals surface area (Å²) in [5.41, 5.74) is 3.75. The molecule has 0 saturated carbocycles. The van der Waals surface area contributed by atoms with E-state index in [1.807, 2.05) is 37.3 Å². The highest BCUT2D eigenvalue weighted by molar-refractivity contribution is 5.60. The number of hydrogen-bond acceptors (Lipinski definition) is 4. The fraction of sp³-hybridized carbons (Fsp3) is 0.133. The quantitative estimate of drug-likeness (QED) is 0.906. The van der Waals surface area contributed by atoms with Crippen LogP contribution in [0.15, 0.2) is 36.5 Å². The van der Waals surface area contributed by atoms with Gasteiger partial charge in [0.2, 0.25) is 0 Å². The zero-order valence-electron chi connectivity index (χ0n) is 10.5. The van der Waals surface area contributed by atoms with E-state index in [0.717, 1.165) is 16.8 Å². The van der Waals surface area contributed by atoms with Gasteiger partial charge in [-0.05, 0) is 36.2 Å². The summed E-state index contributed by atoms with van der Waals surface area (Å²) in [7, 11) is 0. The Kier molecular flexibility index (Phi) is 3.75. The lowest BCUT2D eigenvalue weighted by atomic mass is 10.1. The van der Waals surface area contributed by atoms with Crippen LogP contribution >= 0.6 is 0 Å². The van der Waals surface area contributed by atoms with Crippen LogP contribution in [0.3, 0.4) is 0 Å². The molecule has 0 spiro atoms. The zero-order valence-corrected chi connectivity index (χ0v) is 10.5. The Bertz CT molecular complexity index is 677. The third-order valence-electron chi connectivity index (χ3n) is 2.81.